The number of likely N-dealkylation sites (N-methyl/N-ethyl adjacent to an activating group) is 1. The molecule has 0 spiro atoms. The third-order valence-electron chi connectivity index (χ3n) is 3.86. The van der Waals surface area contributed by atoms with E-state index in [1.54, 1.807) is 0 Å². The lowest BCUT2D eigenvalue weighted by Crippen LogP contribution is -2.45. The average Bonchev–Trinajstić information content (AvgIpc) is 2.79. The number of amides is 1. The smallest absolute Gasteiger partial charge is 0.273 e. The van der Waals surface area contributed by atoms with Crippen molar-refractivity contribution < 1.29 is 9.32 Å². The number of nitrogens with zero attached hydrogens (tertiary/aromatic N) is 2. The van der Waals surface area contributed by atoms with Gasteiger partial charge in [0, 0.05) is 24.6 Å². The quantitative estimate of drug-likeness (QED) is 0.833. The van der Waals surface area contributed by atoms with Crippen molar-refractivity contribution in [3.8, 4) is 0 Å². The molecule has 0 saturated heterocycles. The molecular weight excluding hydrogens is 254 g/mol. The minimum absolute atomic E-state index is 0.152. The molecule has 0 aromatic carbocycles. The Morgan fingerprint density at radius 1 is 1.40 bits per heavy atom. The molecule has 1 N–H and O–H groups in total. The van der Waals surface area contributed by atoms with Gasteiger partial charge in [-0.1, -0.05) is 32.9 Å². The van der Waals surface area contributed by atoms with Gasteiger partial charge >= 0.3 is 0 Å². The Kier molecular flexibility index (Phi) is 6.20. The molecule has 20 heavy (non-hydrogen) atoms. The van der Waals surface area contributed by atoms with E-state index >= 15 is 0 Å². The molecule has 0 bridgehead atoms. The van der Waals surface area contributed by atoms with Crippen molar-refractivity contribution in [1.29, 1.82) is 0 Å². The highest BCUT2D eigenvalue weighted by Crippen LogP contribution is 2.14. The minimum Gasteiger partial charge on any atom is -0.360 e. The van der Waals surface area contributed by atoms with Gasteiger partial charge in [-0.3, -0.25) is 4.79 Å². The number of carbonyl (C=O) groups excluding carboxylic acids is 1. The first kappa shape index (κ1) is 16.7. The molecule has 1 unspecified atom stereocenters. The molecule has 0 fully saturated rings. The summed E-state index contributed by atoms with van der Waals surface area (Å²) in [6, 6.07) is 0.321. The Bertz CT molecular complexity index is 440. The third kappa shape index (κ3) is 3.82. The van der Waals surface area contributed by atoms with E-state index in [0.29, 0.717) is 24.2 Å². The van der Waals surface area contributed by atoms with Crippen molar-refractivity contribution in [2.45, 2.75) is 47.1 Å². The third-order valence-corrected chi connectivity index (χ3v) is 3.86. The number of carbonyl (C=O) groups is 1. The van der Waals surface area contributed by atoms with Gasteiger partial charge in [-0.05, 0) is 26.4 Å². The predicted octanol–water partition coefficient (Wildman–Crippen LogP) is 2.25. The number of hydrogen-bond donors (Lipinski definition) is 1. The van der Waals surface area contributed by atoms with E-state index in [1.165, 1.54) is 0 Å². The zero-order valence-electron chi connectivity index (χ0n) is 13.5. The van der Waals surface area contributed by atoms with Crippen LogP contribution < -0.4 is 5.32 Å². The molecule has 1 aromatic rings. The number of aromatic nitrogens is 1. The monoisotopic (exact) mass is 281 g/mol. The Hall–Kier alpha value is -1.36. The van der Waals surface area contributed by atoms with Gasteiger partial charge in [0.2, 0.25) is 0 Å². The Morgan fingerprint density at radius 3 is 2.50 bits per heavy atom. The van der Waals surface area contributed by atoms with Crippen LogP contribution in [0.1, 0.15) is 49.5 Å². The summed E-state index contributed by atoms with van der Waals surface area (Å²) in [5.74, 6) is 1.10. The molecule has 1 atom stereocenters. The first-order chi connectivity index (χ1) is 9.42. The second kappa shape index (κ2) is 7.43. The van der Waals surface area contributed by atoms with Gasteiger partial charge in [-0.2, -0.15) is 0 Å². The largest absolute Gasteiger partial charge is 0.360 e. The Labute approximate surface area is 121 Å². The lowest BCUT2D eigenvalue weighted by molar-refractivity contribution is 0.0920. The minimum atomic E-state index is -0.152. The van der Waals surface area contributed by atoms with Gasteiger partial charge in [-0.25, -0.2) is 0 Å². The molecule has 5 nitrogen and oxygen atoms in total. The molecule has 0 aliphatic heterocycles. The highest BCUT2D eigenvalue weighted by molar-refractivity contribution is 5.93. The van der Waals surface area contributed by atoms with Gasteiger partial charge in [0.25, 0.3) is 5.91 Å². The van der Waals surface area contributed by atoms with Crippen LogP contribution in [-0.2, 0) is 6.42 Å². The first-order valence-corrected chi connectivity index (χ1v) is 7.35. The van der Waals surface area contributed by atoms with Crippen LogP contribution in [0.2, 0.25) is 0 Å². The Balaban J connectivity index is 2.68. The van der Waals surface area contributed by atoms with E-state index in [4.69, 9.17) is 4.52 Å². The normalized spacial score (nSPS) is 13.0. The molecule has 0 aliphatic carbocycles. The fourth-order valence-electron chi connectivity index (χ4n) is 2.33. The number of aryl methyl sites for hydroxylation is 1. The van der Waals surface area contributed by atoms with E-state index in [9.17, 15) is 4.79 Å². The molecule has 0 aliphatic rings. The van der Waals surface area contributed by atoms with Crippen LogP contribution in [0.4, 0.5) is 0 Å². The van der Waals surface area contributed by atoms with Crippen molar-refractivity contribution in [3.63, 3.8) is 0 Å². The zero-order valence-corrected chi connectivity index (χ0v) is 13.5. The topological polar surface area (TPSA) is 58.4 Å². The van der Waals surface area contributed by atoms with Crippen LogP contribution in [0.25, 0.3) is 0 Å². The van der Waals surface area contributed by atoms with E-state index in [1.807, 2.05) is 13.8 Å². The van der Waals surface area contributed by atoms with Gasteiger partial charge in [0.1, 0.15) is 5.76 Å². The fraction of sp³-hybridized carbons (Fsp3) is 0.733. The summed E-state index contributed by atoms with van der Waals surface area (Å²) >= 11 is 0. The maximum Gasteiger partial charge on any atom is 0.273 e. The number of nitrogens with one attached hydrogen (secondary N) is 1. The summed E-state index contributed by atoms with van der Waals surface area (Å²) in [7, 11) is 2.08. The summed E-state index contributed by atoms with van der Waals surface area (Å²) in [5, 5.41) is 6.84. The summed E-state index contributed by atoms with van der Waals surface area (Å²) in [5.41, 5.74) is 1.25. The van der Waals surface area contributed by atoms with E-state index in [0.717, 1.165) is 24.3 Å². The lowest BCUT2D eigenvalue weighted by Gasteiger charge is -2.30. The summed E-state index contributed by atoms with van der Waals surface area (Å²) in [4.78, 5) is 14.4. The van der Waals surface area contributed by atoms with E-state index < -0.39 is 0 Å². The van der Waals surface area contributed by atoms with Crippen LogP contribution in [0.3, 0.4) is 0 Å². The van der Waals surface area contributed by atoms with Crippen molar-refractivity contribution in [2.75, 3.05) is 20.1 Å². The second-order valence-corrected chi connectivity index (χ2v) is 5.53. The molecular formula is C15H27N3O2. The van der Waals surface area contributed by atoms with Crippen LogP contribution in [0.5, 0.6) is 0 Å². The van der Waals surface area contributed by atoms with E-state index in [-0.39, 0.29) is 5.91 Å². The highest BCUT2D eigenvalue weighted by Gasteiger charge is 2.21. The van der Waals surface area contributed by atoms with Crippen molar-refractivity contribution in [1.82, 2.24) is 15.4 Å². The number of hydrogen-bond acceptors (Lipinski definition) is 4. The van der Waals surface area contributed by atoms with Crippen LogP contribution in [0, 0.1) is 12.8 Å². The fourth-order valence-corrected chi connectivity index (χ4v) is 2.33. The molecule has 0 saturated carbocycles. The second-order valence-electron chi connectivity index (χ2n) is 5.53. The average molecular weight is 281 g/mol. The van der Waals surface area contributed by atoms with Crippen molar-refractivity contribution in [2.24, 2.45) is 5.92 Å². The molecule has 1 rings (SSSR count). The molecule has 1 heterocycles. The maximum atomic E-state index is 12.2. The van der Waals surface area contributed by atoms with Gasteiger partial charge in [-0.15, -0.1) is 0 Å². The summed E-state index contributed by atoms with van der Waals surface area (Å²) < 4.78 is 5.17. The van der Waals surface area contributed by atoms with Crippen molar-refractivity contribution in [3.05, 3.63) is 17.0 Å². The molecule has 5 heteroatoms. The van der Waals surface area contributed by atoms with E-state index in [2.05, 4.69) is 43.2 Å². The molecule has 114 valence electrons. The standard InChI is InChI=1S/C15H27N3O2/c1-7-13-11(5)14(17-20-13)15(19)16-9-12(10(3)4)18(6)8-2/h10,12H,7-9H2,1-6H3,(H,16,19). The summed E-state index contributed by atoms with van der Waals surface area (Å²) in [6.45, 7) is 11.9. The van der Waals surface area contributed by atoms with Crippen molar-refractivity contribution >= 4 is 5.91 Å². The molecule has 1 amide bonds. The predicted molar refractivity (Wildman–Crippen MR) is 79.9 cm³/mol. The molecule has 0 radical (unpaired) electrons. The zero-order chi connectivity index (χ0) is 15.3. The maximum absolute atomic E-state index is 12.2. The van der Waals surface area contributed by atoms with Crippen LogP contribution >= 0.6 is 0 Å². The van der Waals surface area contributed by atoms with Gasteiger partial charge in [0.15, 0.2) is 5.69 Å². The summed E-state index contributed by atoms with van der Waals surface area (Å²) in [6.07, 6.45) is 0.749. The Morgan fingerprint density at radius 2 is 2.05 bits per heavy atom. The first-order valence-electron chi connectivity index (χ1n) is 7.35. The van der Waals surface area contributed by atoms with Crippen LogP contribution in [0.15, 0.2) is 4.52 Å². The SMILES string of the molecule is CCc1onc(C(=O)NCC(C(C)C)N(C)CC)c1C. The van der Waals surface area contributed by atoms with Crippen LogP contribution in [-0.4, -0.2) is 42.1 Å². The van der Waals surface area contributed by atoms with Gasteiger partial charge < -0.3 is 14.7 Å². The lowest BCUT2D eigenvalue weighted by atomic mass is 10.0. The van der Waals surface area contributed by atoms with Gasteiger partial charge in [0.05, 0.1) is 0 Å². The number of rotatable bonds is 7. The molecule has 1 aromatic heterocycles. The highest BCUT2D eigenvalue weighted by atomic mass is 16.5.